The number of nitrogens with zero attached hydrogens (tertiary/aromatic N) is 2. The summed E-state index contributed by atoms with van der Waals surface area (Å²) in [5.74, 6) is 0.346. The van der Waals surface area contributed by atoms with E-state index in [4.69, 9.17) is 0 Å². The first kappa shape index (κ1) is 14.5. The summed E-state index contributed by atoms with van der Waals surface area (Å²) >= 11 is 3.50. The van der Waals surface area contributed by atoms with Crippen molar-refractivity contribution in [3.8, 4) is 0 Å². The zero-order valence-electron chi connectivity index (χ0n) is 11.5. The van der Waals surface area contributed by atoms with E-state index in [0.29, 0.717) is 5.82 Å². The average Bonchev–Trinajstić information content (AvgIpc) is 2.44. The predicted molar refractivity (Wildman–Crippen MR) is 83.1 cm³/mol. The highest BCUT2D eigenvalue weighted by Crippen LogP contribution is 2.25. The Kier molecular flexibility index (Phi) is 4.34. The lowest BCUT2D eigenvalue weighted by Gasteiger charge is -2.09. The Bertz CT molecular complexity index is 617. The van der Waals surface area contributed by atoms with Crippen LogP contribution in [0.3, 0.4) is 0 Å². The van der Waals surface area contributed by atoms with Crippen LogP contribution in [0.15, 0.2) is 28.7 Å². The number of benzene rings is 1. The number of rotatable bonds is 3. The van der Waals surface area contributed by atoms with E-state index in [9.17, 15) is 4.79 Å². The van der Waals surface area contributed by atoms with Crippen molar-refractivity contribution in [2.24, 2.45) is 0 Å². The van der Waals surface area contributed by atoms with Crippen LogP contribution in [0, 0.1) is 13.8 Å². The second-order valence-corrected chi connectivity index (χ2v) is 5.22. The van der Waals surface area contributed by atoms with E-state index < -0.39 is 0 Å². The molecule has 0 unspecified atom stereocenters. The number of hydrogen-bond acceptors (Lipinski definition) is 4. The highest BCUT2D eigenvalue weighted by molar-refractivity contribution is 9.10. The molecule has 5 nitrogen and oxygen atoms in total. The van der Waals surface area contributed by atoms with Gasteiger partial charge in [-0.25, -0.2) is 0 Å². The van der Waals surface area contributed by atoms with Gasteiger partial charge in [-0.1, -0.05) is 15.9 Å². The second kappa shape index (κ2) is 6.00. The minimum atomic E-state index is -0.277. The summed E-state index contributed by atoms with van der Waals surface area (Å²) in [5.41, 5.74) is 3.16. The highest BCUT2D eigenvalue weighted by Gasteiger charge is 2.10. The molecule has 0 spiro atoms. The molecule has 0 aliphatic heterocycles. The summed E-state index contributed by atoms with van der Waals surface area (Å²) in [5, 5.41) is 13.4. The molecule has 0 radical (unpaired) electrons. The number of carbonyl (C=O) groups is 1. The molecule has 104 valence electrons. The minimum Gasteiger partial charge on any atom is -0.372 e. The summed E-state index contributed by atoms with van der Waals surface area (Å²) in [7, 11) is 1.75. The van der Waals surface area contributed by atoms with Crippen LogP contribution in [-0.2, 0) is 0 Å². The molecule has 1 heterocycles. The zero-order chi connectivity index (χ0) is 14.7. The fourth-order valence-corrected chi connectivity index (χ4v) is 2.03. The molecule has 1 aromatic carbocycles. The average molecular weight is 335 g/mol. The Balaban J connectivity index is 2.18. The molecule has 6 heteroatoms. The van der Waals surface area contributed by atoms with Crippen molar-refractivity contribution in [3.63, 3.8) is 0 Å². The molecule has 0 saturated heterocycles. The first-order chi connectivity index (χ1) is 9.51. The fraction of sp³-hybridized carbons (Fsp3) is 0.214. The van der Waals surface area contributed by atoms with Gasteiger partial charge < -0.3 is 10.6 Å². The standard InChI is InChI=1S/C14H15BrN4O/c1-8-6-10(7-9(2)13(8)15)17-14(20)11-4-5-12(16-3)19-18-11/h4-7H,1-3H3,(H,16,19)(H,17,20). The van der Waals surface area contributed by atoms with E-state index in [1.165, 1.54) is 0 Å². The van der Waals surface area contributed by atoms with Crippen molar-refractivity contribution in [2.45, 2.75) is 13.8 Å². The Morgan fingerprint density at radius 2 is 1.80 bits per heavy atom. The van der Waals surface area contributed by atoms with E-state index >= 15 is 0 Å². The number of nitrogens with one attached hydrogen (secondary N) is 2. The molecule has 0 fully saturated rings. The van der Waals surface area contributed by atoms with Crippen molar-refractivity contribution in [1.29, 1.82) is 0 Å². The molecule has 20 heavy (non-hydrogen) atoms. The molecular weight excluding hydrogens is 320 g/mol. The van der Waals surface area contributed by atoms with E-state index in [-0.39, 0.29) is 11.6 Å². The molecular formula is C14H15BrN4O. The van der Waals surface area contributed by atoms with Gasteiger partial charge >= 0.3 is 0 Å². The maximum absolute atomic E-state index is 12.1. The van der Waals surface area contributed by atoms with E-state index in [1.54, 1.807) is 19.2 Å². The molecule has 0 bridgehead atoms. The van der Waals surface area contributed by atoms with Crippen LogP contribution in [0.4, 0.5) is 11.5 Å². The number of halogens is 1. The van der Waals surface area contributed by atoms with Gasteiger partial charge in [0.25, 0.3) is 5.91 Å². The van der Waals surface area contributed by atoms with Crippen molar-refractivity contribution in [3.05, 3.63) is 45.6 Å². The normalized spacial score (nSPS) is 10.2. The minimum absolute atomic E-state index is 0.277. The van der Waals surface area contributed by atoms with E-state index in [1.807, 2.05) is 26.0 Å². The third-order valence-electron chi connectivity index (χ3n) is 2.85. The number of aryl methyl sites for hydroxylation is 2. The monoisotopic (exact) mass is 334 g/mol. The molecule has 2 rings (SSSR count). The van der Waals surface area contributed by atoms with Crippen molar-refractivity contribution in [1.82, 2.24) is 10.2 Å². The maximum Gasteiger partial charge on any atom is 0.276 e. The number of anilines is 2. The highest BCUT2D eigenvalue weighted by atomic mass is 79.9. The van der Waals surface area contributed by atoms with Gasteiger partial charge in [0, 0.05) is 17.2 Å². The molecule has 0 saturated carbocycles. The molecule has 2 N–H and O–H groups in total. The summed E-state index contributed by atoms with van der Waals surface area (Å²) in [6.07, 6.45) is 0. The molecule has 1 amide bonds. The Hall–Kier alpha value is -1.95. The van der Waals surface area contributed by atoms with Crippen molar-refractivity contribution in [2.75, 3.05) is 17.7 Å². The topological polar surface area (TPSA) is 66.9 Å². The Labute approximate surface area is 125 Å². The van der Waals surface area contributed by atoms with Crippen LogP contribution < -0.4 is 10.6 Å². The summed E-state index contributed by atoms with van der Waals surface area (Å²) in [4.78, 5) is 12.1. The fourth-order valence-electron chi connectivity index (χ4n) is 1.80. The molecule has 0 aliphatic carbocycles. The number of hydrogen-bond donors (Lipinski definition) is 2. The number of carbonyl (C=O) groups excluding carboxylic acids is 1. The molecule has 2 aromatic rings. The van der Waals surface area contributed by atoms with Gasteiger partial charge in [-0.2, -0.15) is 0 Å². The number of aromatic nitrogens is 2. The van der Waals surface area contributed by atoms with Gasteiger partial charge in [0.2, 0.25) is 0 Å². The lowest BCUT2D eigenvalue weighted by Crippen LogP contribution is -2.15. The SMILES string of the molecule is CNc1ccc(C(=O)Nc2cc(C)c(Br)c(C)c2)nn1. The van der Waals surface area contributed by atoms with Crippen molar-refractivity contribution < 1.29 is 4.79 Å². The third kappa shape index (κ3) is 3.14. The van der Waals surface area contributed by atoms with Gasteiger partial charge in [0.05, 0.1) is 0 Å². The van der Waals surface area contributed by atoms with Gasteiger partial charge in [0.15, 0.2) is 5.69 Å². The largest absolute Gasteiger partial charge is 0.372 e. The summed E-state index contributed by atoms with van der Waals surface area (Å²) in [6, 6.07) is 7.15. The van der Waals surface area contributed by atoms with Crippen LogP contribution >= 0.6 is 15.9 Å². The molecule has 0 atom stereocenters. The van der Waals surface area contributed by atoms with Crippen molar-refractivity contribution >= 4 is 33.3 Å². The summed E-state index contributed by atoms with van der Waals surface area (Å²) in [6.45, 7) is 3.96. The van der Waals surface area contributed by atoms with Gasteiger partial charge in [0.1, 0.15) is 5.82 Å². The van der Waals surface area contributed by atoms with Crippen LogP contribution in [-0.4, -0.2) is 23.2 Å². The van der Waals surface area contributed by atoms with Crippen LogP contribution in [0.1, 0.15) is 21.6 Å². The van der Waals surface area contributed by atoms with Crippen LogP contribution in [0.2, 0.25) is 0 Å². The quantitative estimate of drug-likeness (QED) is 0.904. The maximum atomic E-state index is 12.1. The van der Waals surface area contributed by atoms with Crippen LogP contribution in [0.5, 0.6) is 0 Å². The Morgan fingerprint density at radius 1 is 1.15 bits per heavy atom. The third-order valence-corrected chi connectivity index (χ3v) is 4.10. The molecule has 0 aliphatic rings. The predicted octanol–water partition coefficient (Wildman–Crippen LogP) is 3.15. The Morgan fingerprint density at radius 3 is 2.30 bits per heavy atom. The van der Waals surface area contributed by atoms with Gasteiger partial charge in [-0.15, -0.1) is 10.2 Å². The first-order valence-electron chi connectivity index (χ1n) is 6.11. The lowest BCUT2D eigenvalue weighted by atomic mass is 10.1. The smallest absolute Gasteiger partial charge is 0.276 e. The van der Waals surface area contributed by atoms with Crippen LogP contribution in [0.25, 0.3) is 0 Å². The molecule has 1 aromatic heterocycles. The zero-order valence-corrected chi connectivity index (χ0v) is 13.1. The second-order valence-electron chi connectivity index (χ2n) is 4.43. The number of amides is 1. The van der Waals surface area contributed by atoms with Gasteiger partial charge in [-0.05, 0) is 49.2 Å². The van der Waals surface area contributed by atoms with E-state index in [0.717, 1.165) is 21.3 Å². The lowest BCUT2D eigenvalue weighted by molar-refractivity contribution is 0.102. The van der Waals surface area contributed by atoms with Gasteiger partial charge in [-0.3, -0.25) is 4.79 Å². The summed E-state index contributed by atoms with van der Waals surface area (Å²) < 4.78 is 1.05. The first-order valence-corrected chi connectivity index (χ1v) is 6.90. The van der Waals surface area contributed by atoms with E-state index in [2.05, 4.69) is 36.8 Å².